The molecule has 2 heteroatoms. The molecule has 0 aliphatic rings. The van der Waals surface area contributed by atoms with Crippen LogP contribution in [0.3, 0.4) is 0 Å². The van der Waals surface area contributed by atoms with Crippen LogP contribution in [0.4, 0.5) is 0 Å². The molecule has 108 valence electrons. The molecule has 19 heavy (non-hydrogen) atoms. The summed E-state index contributed by atoms with van der Waals surface area (Å²) in [7, 11) is 0. The molecule has 0 unspecified atom stereocenters. The third-order valence-electron chi connectivity index (χ3n) is 3.76. The predicted octanol–water partition coefficient (Wildman–Crippen LogP) is 4.36. The lowest BCUT2D eigenvalue weighted by Gasteiger charge is -2.12. The summed E-state index contributed by atoms with van der Waals surface area (Å²) in [5.74, 6) is 1.62. The van der Waals surface area contributed by atoms with Gasteiger partial charge in [0, 0.05) is 6.04 Å². The van der Waals surface area contributed by atoms with E-state index in [9.17, 15) is 0 Å². The van der Waals surface area contributed by atoms with Crippen LogP contribution in [0.1, 0.15) is 58.4 Å². The molecule has 1 aromatic carbocycles. The van der Waals surface area contributed by atoms with Gasteiger partial charge in [-0.2, -0.15) is 0 Å². The molecule has 0 radical (unpaired) electrons. The lowest BCUT2D eigenvalue weighted by atomic mass is 9.99. The van der Waals surface area contributed by atoms with Crippen molar-refractivity contribution in [1.29, 1.82) is 0 Å². The maximum absolute atomic E-state index is 5.75. The number of hydrogen-bond donors (Lipinski definition) is 1. The zero-order valence-electron chi connectivity index (χ0n) is 12.9. The molecule has 0 amide bonds. The summed E-state index contributed by atoms with van der Waals surface area (Å²) in [5.41, 5.74) is 1.40. The maximum Gasteiger partial charge on any atom is 0.119 e. The molecule has 0 heterocycles. The first-order chi connectivity index (χ1) is 9.17. The van der Waals surface area contributed by atoms with E-state index < -0.39 is 0 Å². The van der Waals surface area contributed by atoms with E-state index in [0.717, 1.165) is 25.3 Å². The van der Waals surface area contributed by atoms with E-state index in [1.54, 1.807) is 0 Å². The van der Waals surface area contributed by atoms with Crippen LogP contribution in [0, 0.1) is 0 Å². The lowest BCUT2D eigenvalue weighted by Crippen LogP contribution is -2.27. The minimum atomic E-state index is 0.606. The molecule has 1 rings (SSSR count). The van der Waals surface area contributed by atoms with Gasteiger partial charge >= 0.3 is 0 Å². The van der Waals surface area contributed by atoms with E-state index in [1.165, 1.54) is 18.4 Å². The molecular weight excluding hydrogens is 234 g/mol. The summed E-state index contributed by atoms with van der Waals surface area (Å²) < 4.78 is 5.75. The van der Waals surface area contributed by atoms with Crippen molar-refractivity contribution in [2.24, 2.45) is 0 Å². The second kappa shape index (κ2) is 8.98. The minimum Gasteiger partial charge on any atom is -0.494 e. The zero-order valence-corrected chi connectivity index (χ0v) is 12.9. The molecule has 1 N–H and O–H groups in total. The normalized spacial score (nSPS) is 14.1. The average Bonchev–Trinajstić information content (AvgIpc) is 2.46. The van der Waals surface area contributed by atoms with Gasteiger partial charge in [-0.1, -0.05) is 32.9 Å². The van der Waals surface area contributed by atoms with Crippen molar-refractivity contribution in [2.75, 3.05) is 13.2 Å². The average molecular weight is 263 g/mol. The molecule has 0 fully saturated rings. The third-order valence-corrected chi connectivity index (χ3v) is 3.76. The summed E-state index contributed by atoms with van der Waals surface area (Å²) in [4.78, 5) is 0. The fourth-order valence-corrected chi connectivity index (χ4v) is 1.88. The molecule has 2 atom stereocenters. The Morgan fingerprint density at radius 1 is 1.05 bits per heavy atom. The first-order valence-electron chi connectivity index (χ1n) is 7.63. The minimum absolute atomic E-state index is 0.606. The number of benzene rings is 1. The fourth-order valence-electron chi connectivity index (χ4n) is 1.88. The zero-order chi connectivity index (χ0) is 14.1. The fraction of sp³-hybridized carbons (Fsp3) is 0.647. The molecule has 0 aromatic heterocycles. The molecule has 0 saturated heterocycles. The Labute approximate surface area is 118 Å². The second-order valence-electron chi connectivity index (χ2n) is 5.34. The maximum atomic E-state index is 5.75. The summed E-state index contributed by atoms with van der Waals surface area (Å²) in [6.07, 6.45) is 3.41. The predicted molar refractivity (Wildman–Crippen MR) is 83.0 cm³/mol. The van der Waals surface area contributed by atoms with Crippen LogP contribution in [0.15, 0.2) is 24.3 Å². The summed E-state index contributed by atoms with van der Waals surface area (Å²) >= 11 is 0. The van der Waals surface area contributed by atoms with Crippen molar-refractivity contribution in [3.63, 3.8) is 0 Å². The van der Waals surface area contributed by atoms with E-state index in [-0.39, 0.29) is 0 Å². The van der Waals surface area contributed by atoms with Gasteiger partial charge in [-0.3, -0.25) is 0 Å². The summed E-state index contributed by atoms with van der Waals surface area (Å²) in [6, 6.07) is 9.14. The van der Waals surface area contributed by atoms with Crippen LogP contribution in [0.2, 0.25) is 0 Å². The van der Waals surface area contributed by atoms with Gasteiger partial charge in [0.05, 0.1) is 6.61 Å². The SMILES string of the molecule is CC[C@@H](C)NCCCOc1ccc([C@@H](C)CC)cc1. The highest BCUT2D eigenvalue weighted by Crippen LogP contribution is 2.21. The van der Waals surface area contributed by atoms with E-state index in [4.69, 9.17) is 4.74 Å². The van der Waals surface area contributed by atoms with Gasteiger partial charge in [0.25, 0.3) is 0 Å². The molecule has 0 saturated carbocycles. The first kappa shape index (κ1) is 16.0. The lowest BCUT2D eigenvalue weighted by molar-refractivity contribution is 0.305. The Morgan fingerprint density at radius 3 is 2.32 bits per heavy atom. The standard InChI is InChI=1S/C17H29NO/c1-5-14(3)16-8-10-17(11-9-16)19-13-7-12-18-15(4)6-2/h8-11,14-15,18H,5-7,12-13H2,1-4H3/t14-,15+/m0/s1. The van der Waals surface area contributed by atoms with Gasteiger partial charge < -0.3 is 10.1 Å². The Bertz CT molecular complexity index is 334. The Morgan fingerprint density at radius 2 is 1.74 bits per heavy atom. The van der Waals surface area contributed by atoms with Crippen molar-refractivity contribution >= 4 is 0 Å². The van der Waals surface area contributed by atoms with Crippen LogP contribution in [-0.4, -0.2) is 19.2 Å². The van der Waals surface area contributed by atoms with Gasteiger partial charge in [0.2, 0.25) is 0 Å². The largest absolute Gasteiger partial charge is 0.494 e. The summed E-state index contributed by atoms with van der Waals surface area (Å²) in [5, 5.41) is 3.47. The van der Waals surface area contributed by atoms with Crippen molar-refractivity contribution in [3.05, 3.63) is 29.8 Å². The van der Waals surface area contributed by atoms with E-state index in [2.05, 4.69) is 57.3 Å². The van der Waals surface area contributed by atoms with Gasteiger partial charge in [0.15, 0.2) is 0 Å². The Hall–Kier alpha value is -1.02. The quantitative estimate of drug-likeness (QED) is 0.668. The van der Waals surface area contributed by atoms with E-state index in [1.807, 2.05) is 0 Å². The molecule has 0 spiro atoms. The van der Waals surface area contributed by atoms with Gasteiger partial charge in [-0.25, -0.2) is 0 Å². The number of rotatable bonds is 9. The van der Waals surface area contributed by atoms with Gasteiger partial charge in [-0.15, -0.1) is 0 Å². The van der Waals surface area contributed by atoms with Crippen LogP contribution in [0.5, 0.6) is 5.75 Å². The molecular formula is C17H29NO. The summed E-state index contributed by atoms with van der Waals surface area (Å²) in [6.45, 7) is 10.7. The van der Waals surface area contributed by atoms with Crippen LogP contribution >= 0.6 is 0 Å². The number of hydrogen-bond acceptors (Lipinski definition) is 2. The molecule has 0 aliphatic heterocycles. The van der Waals surface area contributed by atoms with Crippen molar-refractivity contribution in [2.45, 2.75) is 58.9 Å². The topological polar surface area (TPSA) is 21.3 Å². The molecule has 0 aliphatic carbocycles. The number of ether oxygens (including phenoxy) is 1. The molecule has 0 bridgehead atoms. The van der Waals surface area contributed by atoms with Crippen molar-refractivity contribution < 1.29 is 4.74 Å². The first-order valence-corrected chi connectivity index (χ1v) is 7.63. The highest BCUT2D eigenvalue weighted by atomic mass is 16.5. The number of nitrogens with one attached hydrogen (secondary N) is 1. The molecule has 2 nitrogen and oxygen atoms in total. The Balaban J connectivity index is 2.23. The van der Waals surface area contributed by atoms with Crippen LogP contribution < -0.4 is 10.1 Å². The van der Waals surface area contributed by atoms with E-state index in [0.29, 0.717) is 12.0 Å². The Kier molecular flexibility index (Phi) is 7.57. The molecule has 1 aromatic rings. The van der Waals surface area contributed by atoms with Crippen LogP contribution in [-0.2, 0) is 0 Å². The van der Waals surface area contributed by atoms with E-state index >= 15 is 0 Å². The smallest absolute Gasteiger partial charge is 0.119 e. The van der Waals surface area contributed by atoms with Gasteiger partial charge in [-0.05, 0) is 56.3 Å². The highest BCUT2D eigenvalue weighted by molar-refractivity contribution is 5.29. The highest BCUT2D eigenvalue weighted by Gasteiger charge is 2.02. The van der Waals surface area contributed by atoms with Crippen LogP contribution in [0.25, 0.3) is 0 Å². The van der Waals surface area contributed by atoms with Crippen molar-refractivity contribution in [3.8, 4) is 5.75 Å². The monoisotopic (exact) mass is 263 g/mol. The third kappa shape index (κ3) is 6.11. The van der Waals surface area contributed by atoms with Gasteiger partial charge in [0.1, 0.15) is 5.75 Å². The van der Waals surface area contributed by atoms with Crippen molar-refractivity contribution in [1.82, 2.24) is 5.32 Å². The second-order valence-corrected chi connectivity index (χ2v) is 5.34.